The summed E-state index contributed by atoms with van der Waals surface area (Å²) in [7, 11) is 0. The molecule has 23 heavy (non-hydrogen) atoms. The van der Waals surface area contributed by atoms with Crippen molar-refractivity contribution in [1.82, 2.24) is 0 Å². The van der Waals surface area contributed by atoms with Crippen LogP contribution in [-0.4, -0.2) is 12.6 Å². The van der Waals surface area contributed by atoms with Crippen molar-refractivity contribution in [3.63, 3.8) is 0 Å². The molecular formula is C22H25N. The van der Waals surface area contributed by atoms with Crippen LogP contribution in [0.4, 0.5) is 5.69 Å². The zero-order valence-electron chi connectivity index (χ0n) is 14.2. The Hall–Kier alpha value is -2.28. The van der Waals surface area contributed by atoms with Crippen LogP contribution in [0.15, 0.2) is 72.8 Å². The largest absolute Gasteiger partial charge is 0.369 e. The maximum Gasteiger partial charge on any atom is 0.0368 e. The van der Waals surface area contributed by atoms with Gasteiger partial charge in [-0.05, 0) is 48.2 Å². The fourth-order valence-electron chi connectivity index (χ4n) is 3.31. The van der Waals surface area contributed by atoms with Crippen LogP contribution < -0.4 is 4.90 Å². The zero-order chi connectivity index (χ0) is 16.2. The summed E-state index contributed by atoms with van der Waals surface area (Å²) in [4.78, 5) is 2.49. The van der Waals surface area contributed by atoms with E-state index in [1.54, 1.807) is 0 Å². The average Bonchev–Trinajstić information content (AvgIpc) is 2.59. The third-order valence-corrected chi connectivity index (χ3v) is 4.54. The smallest absolute Gasteiger partial charge is 0.0368 e. The second kappa shape index (κ2) is 6.87. The molecule has 3 aromatic rings. The summed E-state index contributed by atoms with van der Waals surface area (Å²) in [5.74, 6) is 0.476. The van der Waals surface area contributed by atoms with Crippen LogP contribution in [-0.2, 0) is 0 Å². The summed E-state index contributed by atoms with van der Waals surface area (Å²) >= 11 is 0. The lowest BCUT2D eigenvalue weighted by Crippen LogP contribution is -2.34. The standard InChI is InChI=1S/C22H25N/c1-17(2)23(20-12-5-4-6-13-20)16-18(3)21-15-9-11-19-10-7-8-14-22(19)21/h4-15,17-18H,16H2,1-3H3. The molecule has 1 unspecified atom stereocenters. The number of anilines is 1. The number of para-hydroxylation sites is 1. The van der Waals surface area contributed by atoms with Crippen molar-refractivity contribution < 1.29 is 0 Å². The lowest BCUT2D eigenvalue weighted by atomic mass is 9.94. The first-order valence-corrected chi connectivity index (χ1v) is 8.46. The number of nitrogens with zero attached hydrogens (tertiary/aromatic N) is 1. The third-order valence-electron chi connectivity index (χ3n) is 4.54. The molecule has 0 saturated carbocycles. The summed E-state index contributed by atoms with van der Waals surface area (Å²) in [6.45, 7) is 7.89. The molecule has 0 fully saturated rings. The monoisotopic (exact) mass is 303 g/mol. The van der Waals surface area contributed by atoms with E-state index in [4.69, 9.17) is 0 Å². The molecular weight excluding hydrogens is 278 g/mol. The summed E-state index contributed by atoms with van der Waals surface area (Å²) in [6.07, 6.45) is 0. The Morgan fingerprint density at radius 1 is 0.739 bits per heavy atom. The molecule has 1 heteroatoms. The molecule has 0 amide bonds. The Balaban J connectivity index is 1.91. The molecule has 0 aliphatic heterocycles. The topological polar surface area (TPSA) is 3.24 Å². The van der Waals surface area contributed by atoms with E-state index in [0.717, 1.165) is 6.54 Å². The Labute approximate surface area is 139 Å². The van der Waals surface area contributed by atoms with E-state index >= 15 is 0 Å². The van der Waals surface area contributed by atoms with Gasteiger partial charge in [0.2, 0.25) is 0 Å². The normalized spacial score (nSPS) is 12.5. The van der Waals surface area contributed by atoms with Gasteiger partial charge in [-0.3, -0.25) is 0 Å². The second-order valence-corrected chi connectivity index (χ2v) is 6.55. The van der Waals surface area contributed by atoms with Gasteiger partial charge in [0.1, 0.15) is 0 Å². The van der Waals surface area contributed by atoms with Crippen LogP contribution in [0.2, 0.25) is 0 Å². The summed E-state index contributed by atoms with van der Waals surface area (Å²) in [6, 6.07) is 26.5. The van der Waals surface area contributed by atoms with Gasteiger partial charge in [0.15, 0.2) is 0 Å². The maximum absolute atomic E-state index is 2.49. The molecule has 1 nitrogen and oxygen atoms in total. The van der Waals surface area contributed by atoms with Crippen molar-refractivity contribution in [1.29, 1.82) is 0 Å². The summed E-state index contributed by atoms with van der Waals surface area (Å²) < 4.78 is 0. The summed E-state index contributed by atoms with van der Waals surface area (Å²) in [5.41, 5.74) is 2.74. The molecule has 3 rings (SSSR count). The Morgan fingerprint density at radius 2 is 1.39 bits per heavy atom. The van der Waals surface area contributed by atoms with Crippen LogP contribution in [0.25, 0.3) is 10.8 Å². The quantitative estimate of drug-likeness (QED) is 0.570. The van der Waals surface area contributed by atoms with Crippen molar-refractivity contribution in [3.05, 3.63) is 78.4 Å². The first-order chi connectivity index (χ1) is 11.2. The van der Waals surface area contributed by atoms with Gasteiger partial charge < -0.3 is 4.90 Å². The van der Waals surface area contributed by atoms with E-state index in [9.17, 15) is 0 Å². The predicted octanol–water partition coefficient (Wildman–Crippen LogP) is 5.86. The molecule has 0 aliphatic rings. The van der Waals surface area contributed by atoms with E-state index in [2.05, 4.69) is 98.5 Å². The zero-order valence-corrected chi connectivity index (χ0v) is 14.2. The molecule has 0 aliphatic carbocycles. The number of hydrogen-bond acceptors (Lipinski definition) is 1. The Kier molecular flexibility index (Phi) is 4.66. The van der Waals surface area contributed by atoms with E-state index in [-0.39, 0.29) is 0 Å². The van der Waals surface area contributed by atoms with Gasteiger partial charge in [0, 0.05) is 18.3 Å². The van der Waals surface area contributed by atoms with Crippen molar-refractivity contribution >= 4 is 16.5 Å². The SMILES string of the molecule is CC(CN(c1ccccc1)C(C)C)c1cccc2ccccc12. The minimum Gasteiger partial charge on any atom is -0.369 e. The third kappa shape index (κ3) is 3.39. The van der Waals surface area contributed by atoms with Crippen molar-refractivity contribution in [2.75, 3.05) is 11.4 Å². The minimum atomic E-state index is 0.476. The molecule has 0 heterocycles. The molecule has 0 radical (unpaired) electrons. The van der Waals surface area contributed by atoms with Crippen LogP contribution in [0, 0.1) is 0 Å². The van der Waals surface area contributed by atoms with E-state index in [0.29, 0.717) is 12.0 Å². The van der Waals surface area contributed by atoms with E-state index in [1.807, 2.05) is 0 Å². The molecule has 0 aromatic heterocycles. The van der Waals surface area contributed by atoms with E-state index < -0.39 is 0 Å². The highest BCUT2D eigenvalue weighted by Gasteiger charge is 2.16. The second-order valence-electron chi connectivity index (χ2n) is 6.55. The van der Waals surface area contributed by atoms with Gasteiger partial charge in [0.25, 0.3) is 0 Å². The van der Waals surface area contributed by atoms with Crippen molar-refractivity contribution in [2.24, 2.45) is 0 Å². The van der Waals surface area contributed by atoms with Crippen LogP contribution in [0.3, 0.4) is 0 Å². The van der Waals surface area contributed by atoms with Crippen LogP contribution >= 0.6 is 0 Å². The van der Waals surface area contributed by atoms with Crippen LogP contribution in [0.5, 0.6) is 0 Å². The van der Waals surface area contributed by atoms with Gasteiger partial charge in [-0.15, -0.1) is 0 Å². The highest BCUT2D eigenvalue weighted by Crippen LogP contribution is 2.28. The fraction of sp³-hybridized carbons (Fsp3) is 0.273. The van der Waals surface area contributed by atoms with Gasteiger partial charge >= 0.3 is 0 Å². The highest BCUT2D eigenvalue weighted by atomic mass is 15.2. The maximum atomic E-state index is 2.49. The number of benzene rings is 3. The molecule has 0 bridgehead atoms. The molecule has 0 saturated heterocycles. The molecule has 0 N–H and O–H groups in total. The fourth-order valence-corrected chi connectivity index (χ4v) is 3.31. The minimum absolute atomic E-state index is 0.476. The number of hydrogen-bond donors (Lipinski definition) is 0. The first-order valence-electron chi connectivity index (χ1n) is 8.46. The molecule has 0 spiro atoms. The molecule has 118 valence electrons. The predicted molar refractivity (Wildman–Crippen MR) is 101 cm³/mol. The van der Waals surface area contributed by atoms with Crippen molar-refractivity contribution in [2.45, 2.75) is 32.7 Å². The van der Waals surface area contributed by atoms with E-state index in [1.165, 1.54) is 22.0 Å². The van der Waals surface area contributed by atoms with Gasteiger partial charge in [-0.2, -0.15) is 0 Å². The number of rotatable bonds is 5. The van der Waals surface area contributed by atoms with Crippen LogP contribution in [0.1, 0.15) is 32.3 Å². The molecule has 3 aromatic carbocycles. The summed E-state index contributed by atoms with van der Waals surface area (Å²) in [5, 5.41) is 2.70. The molecule has 1 atom stereocenters. The lowest BCUT2D eigenvalue weighted by molar-refractivity contribution is 0.628. The van der Waals surface area contributed by atoms with Gasteiger partial charge in [-0.1, -0.05) is 67.6 Å². The number of fused-ring (bicyclic) bond motifs is 1. The van der Waals surface area contributed by atoms with Crippen molar-refractivity contribution in [3.8, 4) is 0 Å². The highest BCUT2D eigenvalue weighted by molar-refractivity contribution is 5.86. The lowest BCUT2D eigenvalue weighted by Gasteiger charge is -2.32. The average molecular weight is 303 g/mol. The first kappa shape index (κ1) is 15.6. The van der Waals surface area contributed by atoms with Gasteiger partial charge in [-0.25, -0.2) is 0 Å². The van der Waals surface area contributed by atoms with Gasteiger partial charge in [0.05, 0.1) is 0 Å². The Bertz CT molecular complexity index is 756. The Morgan fingerprint density at radius 3 is 2.13 bits per heavy atom.